The zero-order valence-electron chi connectivity index (χ0n) is 27.1. The summed E-state index contributed by atoms with van der Waals surface area (Å²) in [6.07, 6.45) is 19.8. The number of rotatable bonds is 16. The van der Waals surface area contributed by atoms with Crippen LogP contribution >= 0.6 is 0 Å². The molecule has 1 heterocycles. The van der Waals surface area contributed by atoms with E-state index in [1.807, 2.05) is 34.6 Å². The Morgan fingerprint density at radius 1 is 0.947 bits per heavy atom. The van der Waals surface area contributed by atoms with E-state index in [2.05, 4.69) is 52.9 Å². The molecular formula is C32H63NO4Si. The molecule has 2 atom stereocenters. The second-order valence-electron chi connectivity index (χ2n) is 14.3. The molecule has 1 fully saturated rings. The molecule has 1 amide bonds. The lowest BCUT2D eigenvalue weighted by Crippen LogP contribution is -2.56. The van der Waals surface area contributed by atoms with Crippen LogP contribution in [-0.4, -0.2) is 49.4 Å². The van der Waals surface area contributed by atoms with Crippen LogP contribution in [0.5, 0.6) is 0 Å². The van der Waals surface area contributed by atoms with Crippen molar-refractivity contribution in [3.63, 3.8) is 0 Å². The maximum absolute atomic E-state index is 13.3. The Labute approximate surface area is 237 Å². The zero-order chi connectivity index (χ0) is 29.0. The van der Waals surface area contributed by atoms with Crippen molar-refractivity contribution < 1.29 is 18.7 Å². The Balaban J connectivity index is 2.75. The average Bonchev–Trinajstić information content (AvgIpc) is 3.09. The molecule has 1 saturated heterocycles. The molecule has 6 heteroatoms. The standard InChI is InChI=1S/C32H63NO4Si/c1-12-13-14-15-16-17-18-19-20-21-22-23-24-25-28(37-38(10,11)31(5,6)7)27-26-35-32(8,9)33(27)29(34)36-30(2,3)4/h24-25,27-28H,12-23,26H2,1-11H3/b25-24-/t27-,28-/m0/s1. The van der Waals surface area contributed by atoms with Gasteiger partial charge >= 0.3 is 6.09 Å². The minimum Gasteiger partial charge on any atom is -0.444 e. The van der Waals surface area contributed by atoms with Crippen LogP contribution in [-0.2, 0) is 13.9 Å². The van der Waals surface area contributed by atoms with Gasteiger partial charge in [0.1, 0.15) is 11.3 Å². The Morgan fingerprint density at radius 2 is 1.45 bits per heavy atom. The predicted octanol–water partition coefficient (Wildman–Crippen LogP) is 10.0. The molecule has 0 aromatic carbocycles. The quantitative estimate of drug-likeness (QED) is 0.108. The van der Waals surface area contributed by atoms with E-state index in [4.69, 9.17) is 13.9 Å². The van der Waals surface area contributed by atoms with Crippen molar-refractivity contribution in [3.05, 3.63) is 12.2 Å². The van der Waals surface area contributed by atoms with Gasteiger partial charge in [0.15, 0.2) is 8.32 Å². The molecule has 0 spiro atoms. The van der Waals surface area contributed by atoms with Crippen molar-refractivity contribution in [2.24, 2.45) is 0 Å². The van der Waals surface area contributed by atoms with Crippen LogP contribution < -0.4 is 0 Å². The fourth-order valence-electron chi connectivity index (χ4n) is 4.66. The maximum atomic E-state index is 13.3. The molecular weight excluding hydrogens is 490 g/mol. The number of carbonyl (C=O) groups is 1. The van der Waals surface area contributed by atoms with Gasteiger partial charge in [-0.25, -0.2) is 4.79 Å². The largest absolute Gasteiger partial charge is 0.444 e. The lowest BCUT2D eigenvalue weighted by molar-refractivity contribution is -0.0657. The molecule has 0 radical (unpaired) electrons. The Kier molecular flexibility index (Phi) is 14.6. The van der Waals surface area contributed by atoms with Gasteiger partial charge in [0.05, 0.1) is 18.8 Å². The van der Waals surface area contributed by atoms with E-state index < -0.39 is 19.6 Å². The molecule has 0 unspecified atom stereocenters. The molecule has 5 nitrogen and oxygen atoms in total. The fraction of sp³-hybridized carbons (Fsp3) is 0.906. The number of unbranched alkanes of at least 4 members (excludes halogenated alkanes) is 11. The number of hydrogen-bond acceptors (Lipinski definition) is 4. The van der Waals surface area contributed by atoms with Gasteiger partial charge in [-0.1, -0.05) is 104 Å². The van der Waals surface area contributed by atoms with Crippen molar-refractivity contribution in [1.29, 1.82) is 0 Å². The molecule has 0 aliphatic carbocycles. The SMILES string of the molecule is CCCCCCCCCCCCC/C=C\[C@H](O[Si](C)(C)C(C)(C)C)[C@@H]1COC(C)(C)N1C(=O)OC(C)(C)C. The van der Waals surface area contributed by atoms with Crippen LogP contribution in [0.25, 0.3) is 0 Å². The fourth-order valence-corrected chi connectivity index (χ4v) is 5.93. The second kappa shape index (κ2) is 15.8. The molecule has 1 aliphatic heterocycles. The molecule has 0 saturated carbocycles. The summed E-state index contributed by atoms with van der Waals surface area (Å²) < 4.78 is 18.8. The Hall–Kier alpha value is -0.853. The topological polar surface area (TPSA) is 48.0 Å². The highest BCUT2D eigenvalue weighted by molar-refractivity contribution is 6.74. The van der Waals surface area contributed by atoms with E-state index in [0.717, 1.165) is 6.42 Å². The van der Waals surface area contributed by atoms with Crippen LogP contribution in [0, 0.1) is 0 Å². The maximum Gasteiger partial charge on any atom is 0.413 e. The summed E-state index contributed by atoms with van der Waals surface area (Å²) in [5, 5.41) is 0.0703. The summed E-state index contributed by atoms with van der Waals surface area (Å²) in [6.45, 7) is 23.6. The third-order valence-electron chi connectivity index (χ3n) is 8.03. The van der Waals surface area contributed by atoms with Crippen molar-refractivity contribution in [2.45, 2.75) is 181 Å². The van der Waals surface area contributed by atoms with Gasteiger partial charge < -0.3 is 13.9 Å². The number of amides is 1. The highest BCUT2D eigenvalue weighted by atomic mass is 28.4. The summed E-state index contributed by atoms with van der Waals surface area (Å²) in [7, 11) is -2.08. The lowest BCUT2D eigenvalue weighted by atomic mass is 10.0. The van der Waals surface area contributed by atoms with Gasteiger partial charge in [0, 0.05) is 0 Å². The Bertz CT molecular complexity index is 705. The molecule has 1 aliphatic rings. The highest BCUT2D eigenvalue weighted by Crippen LogP contribution is 2.40. The number of allylic oxidation sites excluding steroid dienone is 1. The van der Waals surface area contributed by atoms with Gasteiger partial charge in [0.25, 0.3) is 0 Å². The third-order valence-corrected chi connectivity index (χ3v) is 12.5. The first-order chi connectivity index (χ1) is 17.5. The number of carbonyl (C=O) groups excluding carboxylic acids is 1. The molecule has 0 N–H and O–H groups in total. The second-order valence-corrected chi connectivity index (χ2v) is 19.0. The van der Waals surface area contributed by atoms with E-state index >= 15 is 0 Å². The highest BCUT2D eigenvalue weighted by Gasteiger charge is 2.50. The average molecular weight is 554 g/mol. The summed E-state index contributed by atoms with van der Waals surface area (Å²) in [6, 6.07) is -0.220. The molecule has 38 heavy (non-hydrogen) atoms. The number of ether oxygens (including phenoxy) is 2. The third kappa shape index (κ3) is 12.5. The van der Waals surface area contributed by atoms with Gasteiger partial charge in [-0.05, 0) is 65.6 Å². The van der Waals surface area contributed by atoms with Crippen LogP contribution in [0.4, 0.5) is 4.79 Å². The van der Waals surface area contributed by atoms with Crippen LogP contribution in [0.15, 0.2) is 12.2 Å². The van der Waals surface area contributed by atoms with Crippen molar-refractivity contribution in [1.82, 2.24) is 4.90 Å². The first-order valence-corrected chi connectivity index (χ1v) is 18.4. The summed E-state index contributed by atoms with van der Waals surface area (Å²) in [5.41, 5.74) is -1.31. The minimum atomic E-state index is -2.08. The minimum absolute atomic E-state index is 0.0703. The van der Waals surface area contributed by atoms with E-state index in [0.29, 0.717) is 6.61 Å². The van der Waals surface area contributed by atoms with E-state index in [1.54, 1.807) is 4.90 Å². The van der Waals surface area contributed by atoms with E-state index in [-0.39, 0.29) is 23.3 Å². The monoisotopic (exact) mass is 553 g/mol. The van der Waals surface area contributed by atoms with Crippen molar-refractivity contribution >= 4 is 14.4 Å². The van der Waals surface area contributed by atoms with Gasteiger partial charge in [0.2, 0.25) is 0 Å². The lowest BCUT2D eigenvalue weighted by Gasteiger charge is -2.42. The van der Waals surface area contributed by atoms with Crippen LogP contribution in [0.3, 0.4) is 0 Å². The van der Waals surface area contributed by atoms with Crippen LogP contribution in [0.1, 0.15) is 139 Å². The number of nitrogens with zero attached hydrogens (tertiary/aromatic N) is 1. The van der Waals surface area contributed by atoms with Gasteiger partial charge in [-0.15, -0.1) is 0 Å². The number of hydrogen-bond donors (Lipinski definition) is 0. The smallest absolute Gasteiger partial charge is 0.413 e. The van der Waals surface area contributed by atoms with E-state index in [1.165, 1.54) is 70.6 Å². The first-order valence-electron chi connectivity index (χ1n) is 15.5. The Morgan fingerprint density at radius 3 is 1.92 bits per heavy atom. The molecule has 224 valence electrons. The molecule has 0 bridgehead atoms. The molecule has 0 aromatic heterocycles. The first kappa shape index (κ1) is 35.2. The summed E-state index contributed by atoms with van der Waals surface area (Å²) >= 11 is 0. The van der Waals surface area contributed by atoms with E-state index in [9.17, 15) is 4.79 Å². The van der Waals surface area contributed by atoms with Crippen molar-refractivity contribution in [3.8, 4) is 0 Å². The van der Waals surface area contributed by atoms with Crippen LogP contribution in [0.2, 0.25) is 18.1 Å². The zero-order valence-corrected chi connectivity index (χ0v) is 28.1. The summed E-state index contributed by atoms with van der Waals surface area (Å²) in [4.78, 5) is 15.1. The van der Waals surface area contributed by atoms with Crippen molar-refractivity contribution in [2.75, 3.05) is 6.61 Å². The molecule has 0 aromatic rings. The molecule has 1 rings (SSSR count). The predicted molar refractivity (Wildman–Crippen MR) is 164 cm³/mol. The van der Waals surface area contributed by atoms with Gasteiger partial charge in [-0.3, -0.25) is 4.90 Å². The van der Waals surface area contributed by atoms with Gasteiger partial charge in [-0.2, -0.15) is 0 Å². The summed E-state index contributed by atoms with van der Waals surface area (Å²) in [5.74, 6) is 0. The normalized spacial score (nSPS) is 19.3.